The van der Waals surface area contributed by atoms with Gasteiger partial charge in [0.1, 0.15) is 6.07 Å². The van der Waals surface area contributed by atoms with E-state index in [0.29, 0.717) is 12.1 Å². The minimum absolute atomic E-state index is 0.482. The standard InChI is InChI=1S/C15H15N3O/c16-8-11-9-17-13-5-2-1-4-12(13)14(11)18-10-15(19)6-3-7-15/h1-2,4-5,9,19H,3,6-7,10H2,(H,17,18). The summed E-state index contributed by atoms with van der Waals surface area (Å²) in [6, 6.07) is 9.86. The molecule has 0 spiro atoms. The molecule has 0 aliphatic heterocycles. The van der Waals surface area contributed by atoms with Crippen molar-refractivity contribution in [1.29, 1.82) is 5.26 Å². The van der Waals surface area contributed by atoms with Crippen LogP contribution >= 0.6 is 0 Å². The Bertz CT molecular complexity index is 656. The van der Waals surface area contributed by atoms with Gasteiger partial charge >= 0.3 is 0 Å². The maximum Gasteiger partial charge on any atom is 0.103 e. The number of hydrogen-bond acceptors (Lipinski definition) is 4. The lowest BCUT2D eigenvalue weighted by molar-refractivity contribution is -0.0201. The molecule has 1 heterocycles. The van der Waals surface area contributed by atoms with Crippen LogP contribution in [0.15, 0.2) is 30.5 Å². The number of nitriles is 1. The molecule has 1 fully saturated rings. The van der Waals surface area contributed by atoms with E-state index in [1.54, 1.807) is 6.20 Å². The van der Waals surface area contributed by atoms with Crippen LogP contribution in [0.25, 0.3) is 10.9 Å². The second-order valence-corrected chi connectivity index (χ2v) is 5.11. The number of nitrogens with one attached hydrogen (secondary N) is 1. The molecule has 0 atom stereocenters. The first-order chi connectivity index (χ1) is 9.22. The Labute approximate surface area is 111 Å². The normalized spacial score (nSPS) is 16.6. The Hall–Kier alpha value is -2.12. The monoisotopic (exact) mass is 253 g/mol. The molecule has 4 nitrogen and oxygen atoms in total. The molecule has 0 bridgehead atoms. The predicted molar refractivity (Wildman–Crippen MR) is 73.7 cm³/mol. The molecule has 1 saturated carbocycles. The number of aliphatic hydroxyl groups is 1. The molecule has 0 amide bonds. The highest BCUT2D eigenvalue weighted by molar-refractivity contribution is 5.93. The van der Waals surface area contributed by atoms with E-state index in [-0.39, 0.29) is 0 Å². The first kappa shape index (κ1) is 11.9. The summed E-state index contributed by atoms with van der Waals surface area (Å²) in [6.07, 6.45) is 4.30. The fraction of sp³-hybridized carbons (Fsp3) is 0.333. The van der Waals surface area contributed by atoms with Gasteiger partial charge < -0.3 is 10.4 Å². The van der Waals surface area contributed by atoms with Crippen molar-refractivity contribution in [3.8, 4) is 6.07 Å². The summed E-state index contributed by atoms with van der Waals surface area (Å²) in [5.41, 5.74) is 1.52. The highest BCUT2D eigenvalue weighted by Gasteiger charge is 2.34. The van der Waals surface area contributed by atoms with Gasteiger partial charge in [0.25, 0.3) is 0 Å². The molecule has 1 aliphatic rings. The zero-order chi connectivity index (χ0) is 13.3. The number of anilines is 1. The van der Waals surface area contributed by atoms with Crippen molar-refractivity contribution >= 4 is 16.6 Å². The third kappa shape index (κ3) is 2.13. The summed E-state index contributed by atoms with van der Waals surface area (Å²) in [5, 5.41) is 23.5. The average Bonchev–Trinajstić information content (AvgIpc) is 2.42. The van der Waals surface area contributed by atoms with Crippen molar-refractivity contribution in [3.05, 3.63) is 36.0 Å². The third-order valence-electron chi connectivity index (χ3n) is 3.77. The van der Waals surface area contributed by atoms with Crippen LogP contribution in [0.5, 0.6) is 0 Å². The zero-order valence-electron chi connectivity index (χ0n) is 10.6. The van der Waals surface area contributed by atoms with Crippen LogP contribution in [0.2, 0.25) is 0 Å². The van der Waals surface area contributed by atoms with Crippen molar-refractivity contribution in [3.63, 3.8) is 0 Å². The van der Waals surface area contributed by atoms with Crippen LogP contribution in [0, 0.1) is 11.3 Å². The Balaban J connectivity index is 1.98. The first-order valence-corrected chi connectivity index (χ1v) is 6.46. The molecular formula is C15H15N3O. The molecule has 0 unspecified atom stereocenters. The van der Waals surface area contributed by atoms with Gasteiger partial charge in [-0.2, -0.15) is 5.26 Å². The Kier molecular flexibility index (Phi) is 2.84. The molecule has 2 aromatic rings. The molecule has 0 radical (unpaired) electrons. The van der Waals surface area contributed by atoms with Crippen LogP contribution in [0.3, 0.4) is 0 Å². The van der Waals surface area contributed by atoms with Crippen molar-refractivity contribution in [2.75, 3.05) is 11.9 Å². The van der Waals surface area contributed by atoms with E-state index in [9.17, 15) is 10.4 Å². The Morgan fingerprint density at radius 1 is 1.37 bits per heavy atom. The number of benzene rings is 1. The van der Waals surface area contributed by atoms with Crippen molar-refractivity contribution in [2.45, 2.75) is 24.9 Å². The van der Waals surface area contributed by atoms with Crippen molar-refractivity contribution in [1.82, 2.24) is 4.98 Å². The van der Waals surface area contributed by atoms with Crippen LogP contribution in [-0.2, 0) is 0 Å². The summed E-state index contributed by atoms with van der Waals surface area (Å²) in [5.74, 6) is 0. The van der Waals surface area contributed by atoms with Gasteiger partial charge in [-0.1, -0.05) is 18.2 Å². The molecule has 1 aromatic heterocycles. The smallest absolute Gasteiger partial charge is 0.103 e. The maximum absolute atomic E-state index is 10.1. The number of aromatic nitrogens is 1. The van der Waals surface area contributed by atoms with Gasteiger partial charge in [0, 0.05) is 18.1 Å². The van der Waals surface area contributed by atoms with Crippen LogP contribution < -0.4 is 5.32 Å². The number of pyridine rings is 1. The van der Waals surface area contributed by atoms with Gasteiger partial charge in [-0.3, -0.25) is 4.98 Å². The van der Waals surface area contributed by atoms with Gasteiger partial charge in [-0.15, -0.1) is 0 Å². The van der Waals surface area contributed by atoms with E-state index in [2.05, 4.69) is 16.4 Å². The quantitative estimate of drug-likeness (QED) is 0.881. The largest absolute Gasteiger partial charge is 0.388 e. The van der Waals surface area contributed by atoms with Gasteiger partial charge in [0.15, 0.2) is 0 Å². The highest BCUT2D eigenvalue weighted by atomic mass is 16.3. The van der Waals surface area contributed by atoms with E-state index in [1.165, 1.54) is 0 Å². The van der Waals surface area contributed by atoms with E-state index in [4.69, 9.17) is 0 Å². The van der Waals surface area contributed by atoms with E-state index >= 15 is 0 Å². The van der Waals surface area contributed by atoms with Crippen molar-refractivity contribution in [2.24, 2.45) is 0 Å². The summed E-state index contributed by atoms with van der Waals surface area (Å²) < 4.78 is 0. The molecular weight excluding hydrogens is 238 g/mol. The van der Waals surface area contributed by atoms with Gasteiger partial charge in [-0.05, 0) is 25.3 Å². The molecule has 1 aliphatic carbocycles. The zero-order valence-corrected chi connectivity index (χ0v) is 10.6. The summed E-state index contributed by atoms with van der Waals surface area (Å²) >= 11 is 0. The number of rotatable bonds is 3. The Morgan fingerprint density at radius 3 is 2.84 bits per heavy atom. The fourth-order valence-corrected chi connectivity index (χ4v) is 2.43. The molecule has 96 valence electrons. The summed E-state index contributed by atoms with van der Waals surface area (Å²) in [4.78, 5) is 4.27. The second kappa shape index (κ2) is 4.52. The lowest BCUT2D eigenvalue weighted by Crippen LogP contribution is -2.43. The first-order valence-electron chi connectivity index (χ1n) is 6.46. The van der Waals surface area contributed by atoms with Gasteiger partial charge in [-0.25, -0.2) is 0 Å². The number of fused-ring (bicyclic) bond motifs is 1. The predicted octanol–water partition coefficient (Wildman–Crippen LogP) is 2.43. The van der Waals surface area contributed by atoms with E-state index in [1.807, 2.05) is 24.3 Å². The minimum atomic E-state index is -0.614. The van der Waals surface area contributed by atoms with E-state index in [0.717, 1.165) is 35.9 Å². The minimum Gasteiger partial charge on any atom is -0.388 e. The molecule has 2 N–H and O–H groups in total. The van der Waals surface area contributed by atoms with Crippen molar-refractivity contribution < 1.29 is 5.11 Å². The topological polar surface area (TPSA) is 68.9 Å². The highest BCUT2D eigenvalue weighted by Crippen LogP contribution is 2.33. The fourth-order valence-electron chi connectivity index (χ4n) is 2.43. The Morgan fingerprint density at radius 2 is 2.16 bits per heavy atom. The van der Waals surface area contributed by atoms with E-state index < -0.39 is 5.60 Å². The average molecular weight is 253 g/mol. The number of hydrogen-bond donors (Lipinski definition) is 2. The van der Waals surface area contributed by atoms with Gasteiger partial charge in [0.05, 0.1) is 22.4 Å². The lowest BCUT2D eigenvalue weighted by atomic mass is 9.80. The molecule has 4 heteroatoms. The lowest BCUT2D eigenvalue weighted by Gasteiger charge is -2.37. The number of nitrogens with zero attached hydrogens (tertiary/aromatic N) is 2. The maximum atomic E-state index is 10.1. The SMILES string of the molecule is N#Cc1cnc2ccccc2c1NCC1(O)CCC1. The molecule has 19 heavy (non-hydrogen) atoms. The number of para-hydroxylation sites is 1. The second-order valence-electron chi connectivity index (χ2n) is 5.11. The van der Waals surface area contributed by atoms with Crippen LogP contribution in [0.4, 0.5) is 5.69 Å². The molecule has 0 saturated heterocycles. The summed E-state index contributed by atoms with van der Waals surface area (Å²) in [6.45, 7) is 0.482. The molecule has 1 aromatic carbocycles. The molecule has 3 rings (SSSR count). The van der Waals surface area contributed by atoms with Crippen LogP contribution in [-0.4, -0.2) is 22.2 Å². The van der Waals surface area contributed by atoms with Crippen LogP contribution in [0.1, 0.15) is 24.8 Å². The van der Waals surface area contributed by atoms with Gasteiger partial charge in [0.2, 0.25) is 0 Å². The third-order valence-corrected chi connectivity index (χ3v) is 3.77. The summed E-state index contributed by atoms with van der Waals surface area (Å²) in [7, 11) is 0.